The minimum atomic E-state index is -0.534. The van der Waals surface area contributed by atoms with Gasteiger partial charge in [-0.05, 0) is 65.2 Å². The van der Waals surface area contributed by atoms with Gasteiger partial charge in [-0.25, -0.2) is 0 Å². The topological polar surface area (TPSA) is 58.4 Å². The second-order valence-corrected chi connectivity index (χ2v) is 5.94. The Balaban J connectivity index is 2.22. The van der Waals surface area contributed by atoms with Gasteiger partial charge in [0.25, 0.3) is 0 Å². The Morgan fingerprint density at radius 3 is 2.37 bits per heavy atom. The van der Waals surface area contributed by atoms with E-state index < -0.39 is 5.54 Å². The maximum atomic E-state index is 11.5. The van der Waals surface area contributed by atoms with Crippen LogP contribution in [-0.2, 0) is 4.79 Å². The van der Waals surface area contributed by atoms with Crippen LogP contribution in [0.2, 0.25) is 0 Å². The van der Waals surface area contributed by atoms with Crippen LogP contribution in [0.25, 0.3) is 0 Å². The van der Waals surface area contributed by atoms with E-state index in [1.54, 1.807) is 0 Å². The Morgan fingerprint density at radius 1 is 1.21 bits per heavy atom. The molecule has 1 fully saturated rings. The van der Waals surface area contributed by atoms with Gasteiger partial charge >= 0.3 is 0 Å². The molecule has 1 rings (SSSR count). The minimum Gasteiger partial charge on any atom is -0.368 e. The summed E-state index contributed by atoms with van der Waals surface area (Å²) in [4.78, 5) is 14.1. The molecular weight excluding hydrogens is 238 g/mol. The summed E-state index contributed by atoms with van der Waals surface area (Å²) in [7, 11) is 0. The highest BCUT2D eigenvalue weighted by Crippen LogP contribution is 2.15. The number of amides is 1. The van der Waals surface area contributed by atoms with Gasteiger partial charge in [-0.15, -0.1) is 0 Å². The van der Waals surface area contributed by atoms with E-state index in [9.17, 15) is 4.79 Å². The van der Waals surface area contributed by atoms with Gasteiger partial charge in [-0.1, -0.05) is 19.8 Å². The molecule has 0 aromatic rings. The van der Waals surface area contributed by atoms with Crippen molar-refractivity contribution in [3.8, 4) is 0 Å². The second-order valence-electron chi connectivity index (χ2n) is 5.94. The van der Waals surface area contributed by atoms with Gasteiger partial charge in [0.2, 0.25) is 5.91 Å². The highest BCUT2D eigenvalue weighted by Gasteiger charge is 2.28. The van der Waals surface area contributed by atoms with E-state index in [0.29, 0.717) is 0 Å². The molecule has 1 aliphatic rings. The van der Waals surface area contributed by atoms with Crippen LogP contribution in [0.1, 0.15) is 58.8 Å². The zero-order valence-corrected chi connectivity index (χ0v) is 12.7. The summed E-state index contributed by atoms with van der Waals surface area (Å²) in [6.07, 6.45) is 8.52. The molecule has 3 N–H and O–H groups in total. The summed E-state index contributed by atoms with van der Waals surface area (Å²) >= 11 is 0. The standard InChI is InChI=1S/C15H31N3O/c1-3-17-15(2,14(16)19)10-6-9-13-18-11-7-4-5-8-12-18/h17H,3-13H2,1-2H3,(H2,16,19). The third kappa shape index (κ3) is 5.91. The van der Waals surface area contributed by atoms with Crippen molar-refractivity contribution in [2.75, 3.05) is 26.2 Å². The van der Waals surface area contributed by atoms with Crippen molar-refractivity contribution < 1.29 is 4.79 Å². The molecule has 1 amide bonds. The Kier molecular flexibility index (Phi) is 7.39. The number of nitrogens with one attached hydrogen (secondary N) is 1. The maximum Gasteiger partial charge on any atom is 0.237 e. The van der Waals surface area contributed by atoms with Crippen LogP contribution in [0.15, 0.2) is 0 Å². The summed E-state index contributed by atoms with van der Waals surface area (Å²) in [6, 6.07) is 0. The van der Waals surface area contributed by atoms with E-state index >= 15 is 0 Å². The van der Waals surface area contributed by atoms with Gasteiger partial charge in [-0.3, -0.25) is 4.79 Å². The molecule has 0 radical (unpaired) electrons. The van der Waals surface area contributed by atoms with Crippen LogP contribution in [0.4, 0.5) is 0 Å². The smallest absolute Gasteiger partial charge is 0.237 e. The van der Waals surface area contributed by atoms with Gasteiger partial charge in [0.1, 0.15) is 0 Å². The SMILES string of the molecule is CCNC(C)(CCCCN1CCCCCC1)C(N)=O. The van der Waals surface area contributed by atoms with E-state index in [0.717, 1.165) is 25.8 Å². The molecule has 0 saturated carbocycles. The third-order valence-corrected chi connectivity index (χ3v) is 4.21. The molecule has 19 heavy (non-hydrogen) atoms. The van der Waals surface area contributed by atoms with Gasteiger partial charge in [0, 0.05) is 0 Å². The summed E-state index contributed by atoms with van der Waals surface area (Å²) in [5.74, 6) is -0.232. The number of hydrogen-bond acceptors (Lipinski definition) is 3. The average Bonchev–Trinajstić information content (AvgIpc) is 2.63. The van der Waals surface area contributed by atoms with Gasteiger partial charge < -0.3 is 16.0 Å². The Labute approximate surface area is 118 Å². The van der Waals surface area contributed by atoms with Crippen LogP contribution in [0, 0.1) is 0 Å². The lowest BCUT2D eigenvalue weighted by molar-refractivity contribution is -0.124. The largest absolute Gasteiger partial charge is 0.368 e. The van der Waals surface area contributed by atoms with Crippen molar-refractivity contribution in [1.82, 2.24) is 10.2 Å². The first-order valence-corrected chi connectivity index (χ1v) is 7.86. The molecule has 112 valence electrons. The maximum absolute atomic E-state index is 11.5. The lowest BCUT2D eigenvalue weighted by atomic mass is 9.94. The number of likely N-dealkylation sites (N-methyl/N-ethyl adjacent to an activating group) is 1. The van der Waals surface area contributed by atoms with Crippen molar-refractivity contribution in [3.63, 3.8) is 0 Å². The normalized spacial score (nSPS) is 20.7. The van der Waals surface area contributed by atoms with Crippen molar-refractivity contribution in [1.29, 1.82) is 0 Å². The number of carbonyl (C=O) groups is 1. The zero-order chi connectivity index (χ0) is 14.1. The first-order chi connectivity index (χ1) is 9.08. The van der Waals surface area contributed by atoms with Crippen molar-refractivity contribution in [3.05, 3.63) is 0 Å². The van der Waals surface area contributed by atoms with E-state index in [2.05, 4.69) is 10.2 Å². The number of primary amides is 1. The molecule has 4 nitrogen and oxygen atoms in total. The van der Waals surface area contributed by atoms with Crippen LogP contribution < -0.4 is 11.1 Å². The van der Waals surface area contributed by atoms with Gasteiger partial charge in [0.05, 0.1) is 5.54 Å². The number of nitrogens with two attached hydrogens (primary N) is 1. The fourth-order valence-corrected chi connectivity index (χ4v) is 2.86. The first kappa shape index (κ1) is 16.4. The molecule has 0 aromatic carbocycles. The predicted molar refractivity (Wildman–Crippen MR) is 80.0 cm³/mol. The molecular formula is C15H31N3O. The Hall–Kier alpha value is -0.610. The molecule has 1 unspecified atom stereocenters. The van der Waals surface area contributed by atoms with Crippen LogP contribution >= 0.6 is 0 Å². The van der Waals surface area contributed by atoms with E-state index in [4.69, 9.17) is 5.73 Å². The molecule has 0 aromatic heterocycles. The van der Waals surface area contributed by atoms with Crippen LogP contribution in [0.3, 0.4) is 0 Å². The summed E-state index contributed by atoms with van der Waals surface area (Å²) in [6.45, 7) is 8.39. The van der Waals surface area contributed by atoms with Crippen molar-refractivity contribution in [2.24, 2.45) is 5.73 Å². The predicted octanol–water partition coefficient (Wildman–Crippen LogP) is 1.89. The molecule has 4 heteroatoms. The molecule has 1 atom stereocenters. The van der Waals surface area contributed by atoms with E-state index in [-0.39, 0.29) is 5.91 Å². The second kappa shape index (κ2) is 8.54. The highest BCUT2D eigenvalue weighted by atomic mass is 16.1. The van der Waals surface area contributed by atoms with Gasteiger partial charge in [0.15, 0.2) is 0 Å². The number of rotatable bonds is 8. The number of likely N-dealkylation sites (tertiary alicyclic amines) is 1. The summed E-state index contributed by atoms with van der Waals surface area (Å²) < 4.78 is 0. The van der Waals surface area contributed by atoms with Crippen molar-refractivity contribution >= 4 is 5.91 Å². The Morgan fingerprint density at radius 2 is 1.84 bits per heavy atom. The average molecular weight is 269 g/mol. The Bertz CT molecular complexity index is 262. The zero-order valence-electron chi connectivity index (χ0n) is 12.7. The molecule has 0 spiro atoms. The molecule has 0 bridgehead atoms. The first-order valence-electron chi connectivity index (χ1n) is 7.86. The number of carbonyl (C=O) groups excluding carboxylic acids is 1. The van der Waals surface area contributed by atoms with Gasteiger partial charge in [-0.2, -0.15) is 0 Å². The molecule has 1 heterocycles. The number of hydrogen-bond donors (Lipinski definition) is 2. The van der Waals surface area contributed by atoms with Crippen LogP contribution in [-0.4, -0.2) is 42.5 Å². The quantitative estimate of drug-likeness (QED) is 0.662. The lowest BCUT2D eigenvalue weighted by Crippen LogP contribution is -2.53. The monoisotopic (exact) mass is 269 g/mol. The summed E-state index contributed by atoms with van der Waals surface area (Å²) in [5, 5.41) is 3.22. The minimum absolute atomic E-state index is 0.232. The highest BCUT2D eigenvalue weighted by molar-refractivity contribution is 5.84. The van der Waals surface area contributed by atoms with Crippen molar-refractivity contribution in [2.45, 2.75) is 64.3 Å². The molecule has 0 aliphatic carbocycles. The van der Waals surface area contributed by atoms with E-state index in [1.807, 2.05) is 13.8 Å². The number of nitrogens with zero attached hydrogens (tertiary/aromatic N) is 1. The molecule has 1 saturated heterocycles. The number of unbranched alkanes of at least 4 members (excludes halogenated alkanes) is 1. The lowest BCUT2D eigenvalue weighted by Gasteiger charge is -2.27. The fraction of sp³-hybridized carbons (Fsp3) is 0.933. The summed E-state index contributed by atoms with van der Waals surface area (Å²) in [5.41, 5.74) is 4.96. The van der Waals surface area contributed by atoms with E-state index in [1.165, 1.54) is 45.3 Å². The fourth-order valence-electron chi connectivity index (χ4n) is 2.86. The third-order valence-electron chi connectivity index (χ3n) is 4.21. The van der Waals surface area contributed by atoms with Crippen LogP contribution in [0.5, 0.6) is 0 Å². The molecule has 1 aliphatic heterocycles.